The lowest BCUT2D eigenvalue weighted by molar-refractivity contribution is 0.104. The highest BCUT2D eigenvalue weighted by Gasteiger charge is 2.20. The number of hydrogen-bond donors (Lipinski definition) is 0. The van der Waals surface area contributed by atoms with E-state index in [2.05, 4.69) is 50.2 Å². The summed E-state index contributed by atoms with van der Waals surface area (Å²) in [6, 6.07) is 23.9. The van der Waals surface area contributed by atoms with Crippen molar-refractivity contribution >= 4 is 16.7 Å². The number of carbonyl (C=O) groups excluding carboxylic acids is 1. The van der Waals surface area contributed by atoms with E-state index in [9.17, 15) is 4.79 Å². The maximum absolute atomic E-state index is 13.5. The zero-order valence-corrected chi connectivity index (χ0v) is 15.8. The Bertz CT molecular complexity index is 1140. The Balaban J connectivity index is 2.06. The van der Waals surface area contributed by atoms with Crippen LogP contribution in [0.1, 0.15) is 32.7 Å². The van der Waals surface area contributed by atoms with Crippen LogP contribution >= 0.6 is 0 Å². The molecule has 1 heterocycles. The maximum Gasteiger partial charge on any atom is 0.195 e. The number of rotatable bonds is 3. The first-order chi connectivity index (χ1) is 13.0. The van der Waals surface area contributed by atoms with Crippen LogP contribution in [0.25, 0.3) is 22.0 Å². The molecule has 4 aromatic rings. The first-order valence-corrected chi connectivity index (χ1v) is 9.12. The summed E-state index contributed by atoms with van der Waals surface area (Å²) in [5.74, 6) is 0.00859. The summed E-state index contributed by atoms with van der Waals surface area (Å²) in [5, 5.41) is 1.02. The van der Waals surface area contributed by atoms with E-state index >= 15 is 0 Å². The lowest BCUT2D eigenvalue weighted by atomic mass is 9.90. The lowest BCUT2D eigenvalue weighted by Gasteiger charge is -2.14. The minimum absolute atomic E-state index is 0.00859. The van der Waals surface area contributed by atoms with E-state index in [1.807, 2.05) is 43.3 Å². The molecule has 2 nitrogen and oxygen atoms in total. The average Bonchev–Trinajstić information content (AvgIpc) is 2.68. The SMILES string of the molecule is Cc1ccc(-c2ccc3c(C)cc(C)nc3c2C(=O)c2ccccc2)cc1. The van der Waals surface area contributed by atoms with Crippen molar-refractivity contribution in [3.63, 3.8) is 0 Å². The van der Waals surface area contributed by atoms with Gasteiger partial charge in [0.2, 0.25) is 0 Å². The molecule has 3 aromatic carbocycles. The molecule has 0 aliphatic heterocycles. The number of fused-ring (bicyclic) bond motifs is 1. The number of carbonyl (C=O) groups is 1. The van der Waals surface area contributed by atoms with Crippen LogP contribution in [0.5, 0.6) is 0 Å². The summed E-state index contributed by atoms with van der Waals surface area (Å²) in [4.78, 5) is 18.3. The maximum atomic E-state index is 13.5. The highest BCUT2D eigenvalue weighted by atomic mass is 16.1. The van der Waals surface area contributed by atoms with E-state index in [-0.39, 0.29) is 5.78 Å². The van der Waals surface area contributed by atoms with Gasteiger partial charge in [-0.2, -0.15) is 0 Å². The second kappa shape index (κ2) is 6.81. The van der Waals surface area contributed by atoms with Crippen LogP contribution in [-0.4, -0.2) is 10.8 Å². The van der Waals surface area contributed by atoms with Gasteiger partial charge in [-0.25, -0.2) is 0 Å². The van der Waals surface area contributed by atoms with E-state index in [0.717, 1.165) is 33.3 Å². The van der Waals surface area contributed by atoms with E-state index in [0.29, 0.717) is 11.1 Å². The molecule has 0 atom stereocenters. The molecule has 27 heavy (non-hydrogen) atoms. The summed E-state index contributed by atoms with van der Waals surface area (Å²) < 4.78 is 0. The van der Waals surface area contributed by atoms with Crippen LogP contribution in [0.4, 0.5) is 0 Å². The van der Waals surface area contributed by atoms with Crippen LogP contribution in [0.15, 0.2) is 72.8 Å². The van der Waals surface area contributed by atoms with Crippen molar-refractivity contribution in [2.75, 3.05) is 0 Å². The Hall–Kier alpha value is -3.26. The van der Waals surface area contributed by atoms with E-state index in [4.69, 9.17) is 4.98 Å². The Morgan fingerprint density at radius 2 is 1.52 bits per heavy atom. The molecule has 0 radical (unpaired) electrons. The molecule has 2 heteroatoms. The summed E-state index contributed by atoms with van der Waals surface area (Å²) in [6.45, 7) is 6.11. The fourth-order valence-electron chi connectivity index (χ4n) is 3.56. The van der Waals surface area contributed by atoms with Crippen LogP contribution < -0.4 is 0 Å². The minimum Gasteiger partial charge on any atom is -0.289 e. The Morgan fingerprint density at radius 3 is 2.22 bits per heavy atom. The van der Waals surface area contributed by atoms with Crippen molar-refractivity contribution in [1.82, 2.24) is 4.98 Å². The van der Waals surface area contributed by atoms with E-state index in [1.165, 1.54) is 5.56 Å². The van der Waals surface area contributed by atoms with Gasteiger partial charge in [-0.1, -0.05) is 72.3 Å². The van der Waals surface area contributed by atoms with Gasteiger partial charge in [0.1, 0.15) is 0 Å². The molecule has 0 saturated carbocycles. The second-order valence-corrected chi connectivity index (χ2v) is 7.03. The molecule has 132 valence electrons. The molecule has 0 aliphatic carbocycles. The van der Waals surface area contributed by atoms with Crippen molar-refractivity contribution < 1.29 is 4.79 Å². The monoisotopic (exact) mass is 351 g/mol. The molecule has 0 fully saturated rings. The Kier molecular flexibility index (Phi) is 4.33. The number of aromatic nitrogens is 1. The van der Waals surface area contributed by atoms with Gasteiger partial charge in [-0.3, -0.25) is 9.78 Å². The normalized spacial score (nSPS) is 10.9. The van der Waals surface area contributed by atoms with Crippen LogP contribution in [-0.2, 0) is 0 Å². The molecule has 4 rings (SSSR count). The topological polar surface area (TPSA) is 30.0 Å². The third-order valence-corrected chi connectivity index (χ3v) is 4.94. The highest BCUT2D eigenvalue weighted by molar-refractivity contribution is 6.19. The summed E-state index contributed by atoms with van der Waals surface area (Å²) >= 11 is 0. The largest absolute Gasteiger partial charge is 0.289 e. The van der Waals surface area contributed by atoms with Gasteiger partial charge in [0.05, 0.1) is 11.1 Å². The molecule has 0 aliphatic rings. The van der Waals surface area contributed by atoms with E-state index in [1.54, 1.807) is 0 Å². The van der Waals surface area contributed by atoms with E-state index < -0.39 is 0 Å². The first kappa shape index (κ1) is 17.2. The molecule has 0 spiro atoms. The fourth-order valence-corrected chi connectivity index (χ4v) is 3.56. The van der Waals surface area contributed by atoms with Crippen molar-refractivity contribution in [3.8, 4) is 11.1 Å². The smallest absolute Gasteiger partial charge is 0.195 e. The molecular weight excluding hydrogens is 330 g/mol. The number of benzene rings is 3. The van der Waals surface area contributed by atoms with Gasteiger partial charge in [0, 0.05) is 16.6 Å². The lowest BCUT2D eigenvalue weighted by Crippen LogP contribution is -2.06. The van der Waals surface area contributed by atoms with Crippen molar-refractivity contribution in [1.29, 1.82) is 0 Å². The molecule has 0 bridgehead atoms. The van der Waals surface area contributed by atoms with Crippen LogP contribution in [0.2, 0.25) is 0 Å². The number of nitrogens with zero attached hydrogens (tertiary/aromatic N) is 1. The summed E-state index contributed by atoms with van der Waals surface area (Å²) in [6.07, 6.45) is 0. The third kappa shape index (κ3) is 3.15. The number of ketones is 1. The quantitative estimate of drug-likeness (QED) is 0.420. The summed E-state index contributed by atoms with van der Waals surface area (Å²) in [7, 11) is 0. The number of pyridine rings is 1. The van der Waals surface area contributed by atoms with Gasteiger partial charge in [0.15, 0.2) is 5.78 Å². The molecule has 1 aromatic heterocycles. The number of aryl methyl sites for hydroxylation is 3. The Morgan fingerprint density at radius 1 is 0.815 bits per heavy atom. The standard InChI is InChI=1S/C25H21NO/c1-16-9-11-19(12-10-16)22-14-13-21-17(2)15-18(3)26-24(21)23(22)25(27)20-7-5-4-6-8-20/h4-15H,1-3H3. The third-order valence-electron chi connectivity index (χ3n) is 4.94. The van der Waals surface area contributed by atoms with Gasteiger partial charge in [0.25, 0.3) is 0 Å². The van der Waals surface area contributed by atoms with Crippen molar-refractivity contribution in [3.05, 3.63) is 101 Å². The highest BCUT2D eigenvalue weighted by Crippen LogP contribution is 2.33. The van der Waals surface area contributed by atoms with Crippen LogP contribution in [0, 0.1) is 20.8 Å². The first-order valence-electron chi connectivity index (χ1n) is 9.12. The predicted molar refractivity (Wildman–Crippen MR) is 111 cm³/mol. The zero-order chi connectivity index (χ0) is 19.0. The number of hydrogen-bond acceptors (Lipinski definition) is 2. The van der Waals surface area contributed by atoms with Gasteiger partial charge < -0.3 is 0 Å². The molecule has 0 saturated heterocycles. The van der Waals surface area contributed by atoms with Gasteiger partial charge >= 0.3 is 0 Å². The Labute approximate surface area is 159 Å². The van der Waals surface area contributed by atoms with Gasteiger partial charge in [-0.15, -0.1) is 0 Å². The second-order valence-electron chi connectivity index (χ2n) is 7.03. The van der Waals surface area contributed by atoms with Crippen molar-refractivity contribution in [2.24, 2.45) is 0 Å². The molecular formula is C25H21NO. The minimum atomic E-state index is 0.00859. The molecule has 0 N–H and O–H groups in total. The predicted octanol–water partition coefficient (Wildman–Crippen LogP) is 6.06. The zero-order valence-electron chi connectivity index (χ0n) is 15.8. The molecule has 0 unspecified atom stereocenters. The van der Waals surface area contributed by atoms with Crippen LogP contribution in [0.3, 0.4) is 0 Å². The van der Waals surface area contributed by atoms with Gasteiger partial charge in [-0.05, 0) is 43.5 Å². The average molecular weight is 351 g/mol. The molecule has 0 amide bonds. The summed E-state index contributed by atoms with van der Waals surface area (Å²) in [5.41, 5.74) is 7.34. The fraction of sp³-hybridized carbons (Fsp3) is 0.120. The van der Waals surface area contributed by atoms with Crippen molar-refractivity contribution in [2.45, 2.75) is 20.8 Å².